The molecule has 1 atom stereocenters. The first-order valence-electron chi connectivity index (χ1n) is 8.07. The molecule has 1 aliphatic heterocycles. The lowest BCUT2D eigenvalue weighted by atomic mass is 9.76. The second-order valence-electron chi connectivity index (χ2n) is 5.90. The van der Waals surface area contributed by atoms with E-state index >= 15 is 0 Å². The van der Waals surface area contributed by atoms with Gasteiger partial charge in [-0.25, -0.2) is 4.79 Å². The summed E-state index contributed by atoms with van der Waals surface area (Å²) in [5, 5.41) is 2.71. The van der Waals surface area contributed by atoms with E-state index in [1.54, 1.807) is 25.1 Å². The standard InChI is InChI=1S/C18H19NO6/c1-3-23-17(22)18(19-11(2)20)7-6-13(21)9-14(18)12-4-5-15-16(8-12)25-10-24-15/h4-5,8-9H,3,6-7,10H2,1-2H3,(H,19,20). The number of esters is 1. The summed E-state index contributed by atoms with van der Waals surface area (Å²) in [5.74, 6) is 0.0401. The number of carbonyl (C=O) groups is 3. The first kappa shape index (κ1) is 17.0. The number of rotatable bonds is 4. The molecular formula is C18H19NO6. The van der Waals surface area contributed by atoms with Gasteiger partial charge in [0.25, 0.3) is 0 Å². The third-order valence-corrected chi connectivity index (χ3v) is 4.21. The number of nitrogens with one attached hydrogen (secondary N) is 1. The van der Waals surface area contributed by atoms with Crippen molar-refractivity contribution in [2.45, 2.75) is 32.2 Å². The summed E-state index contributed by atoms with van der Waals surface area (Å²) in [6.07, 6.45) is 1.69. The molecule has 0 radical (unpaired) electrons. The summed E-state index contributed by atoms with van der Waals surface area (Å²) in [6.45, 7) is 3.31. The highest BCUT2D eigenvalue weighted by atomic mass is 16.7. The Balaban J connectivity index is 2.12. The molecule has 2 aliphatic rings. The molecule has 0 bridgehead atoms. The van der Waals surface area contributed by atoms with Gasteiger partial charge < -0.3 is 19.5 Å². The first-order valence-corrected chi connectivity index (χ1v) is 8.07. The predicted molar refractivity (Wildman–Crippen MR) is 88.0 cm³/mol. The van der Waals surface area contributed by atoms with Crippen LogP contribution in [0.25, 0.3) is 5.57 Å². The Morgan fingerprint density at radius 2 is 2.04 bits per heavy atom. The molecule has 0 saturated carbocycles. The van der Waals surface area contributed by atoms with Gasteiger partial charge in [-0.15, -0.1) is 0 Å². The second-order valence-corrected chi connectivity index (χ2v) is 5.90. The van der Waals surface area contributed by atoms with E-state index in [-0.39, 0.29) is 37.9 Å². The van der Waals surface area contributed by atoms with E-state index in [1.165, 1.54) is 13.0 Å². The van der Waals surface area contributed by atoms with Gasteiger partial charge in [0.2, 0.25) is 12.7 Å². The van der Waals surface area contributed by atoms with Crippen molar-refractivity contribution >= 4 is 23.2 Å². The van der Waals surface area contributed by atoms with Gasteiger partial charge >= 0.3 is 5.97 Å². The van der Waals surface area contributed by atoms with Crippen molar-refractivity contribution in [3.63, 3.8) is 0 Å². The topological polar surface area (TPSA) is 90.9 Å². The van der Waals surface area contributed by atoms with Gasteiger partial charge in [0.1, 0.15) is 0 Å². The quantitative estimate of drug-likeness (QED) is 0.834. The normalized spacial score (nSPS) is 21.5. The molecule has 1 aromatic rings. The van der Waals surface area contributed by atoms with Crippen molar-refractivity contribution < 1.29 is 28.6 Å². The molecule has 0 fully saturated rings. The summed E-state index contributed by atoms with van der Waals surface area (Å²) in [4.78, 5) is 36.6. The Bertz CT molecular complexity index is 769. The second kappa shape index (κ2) is 6.58. The average molecular weight is 345 g/mol. The largest absolute Gasteiger partial charge is 0.464 e. The Morgan fingerprint density at radius 3 is 2.76 bits per heavy atom. The van der Waals surface area contributed by atoms with E-state index in [4.69, 9.17) is 14.2 Å². The van der Waals surface area contributed by atoms with E-state index in [9.17, 15) is 14.4 Å². The summed E-state index contributed by atoms with van der Waals surface area (Å²) in [6, 6.07) is 5.14. The SMILES string of the molecule is CCOC(=O)C1(NC(C)=O)CCC(=O)C=C1c1ccc2c(c1)OCO2. The maximum absolute atomic E-state index is 12.7. The van der Waals surface area contributed by atoms with E-state index in [1.807, 2.05) is 0 Å². The number of fused-ring (bicyclic) bond motifs is 1. The van der Waals surface area contributed by atoms with Gasteiger partial charge in [0.15, 0.2) is 22.8 Å². The van der Waals surface area contributed by atoms with Crippen molar-refractivity contribution in [3.8, 4) is 11.5 Å². The van der Waals surface area contributed by atoms with Gasteiger partial charge in [-0.3, -0.25) is 9.59 Å². The molecule has 0 saturated heterocycles. The molecule has 7 heteroatoms. The number of allylic oxidation sites excluding steroid dienone is 1. The van der Waals surface area contributed by atoms with Crippen LogP contribution in [0.4, 0.5) is 0 Å². The summed E-state index contributed by atoms with van der Waals surface area (Å²) >= 11 is 0. The zero-order valence-electron chi connectivity index (χ0n) is 14.1. The molecule has 1 unspecified atom stereocenters. The highest BCUT2D eigenvalue weighted by Crippen LogP contribution is 2.41. The number of hydrogen-bond donors (Lipinski definition) is 1. The lowest BCUT2D eigenvalue weighted by molar-refractivity contribution is -0.151. The third-order valence-electron chi connectivity index (χ3n) is 4.21. The van der Waals surface area contributed by atoms with Crippen LogP contribution in [0.5, 0.6) is 11.5 Å². The monoisotopic (exact) mass is 345 g/mol. The van der Waals surface area contributed by atoms with Crippen LogP contribution in [0.3, 0.4) is 0 Å². The molecule has 1 N–H and O–H groups in total. The van der Waals surface area contributed by atoms with Crippen molar-refractivity contribution in [1.82, 2.24) is 5.32 Å². The van der Waals surface area contributed by atoms with Crippen LogP contribution in [-0.2, 0) is 19.1 Å². The van der Waals surface area contributed by atoms with E-state index in [0.29, 0.717) is 22.6 Å². The highest BCUT2D eigenvalue weighted by molar-refractivity contribution is 6.10. The molecule has 0 spiro atoms. The number of ketones is 1. The molecule has 1 aromatic carbocycles. The Labute approximate surface area is 144 Å². The Morgan fingerprint density at radius 1 is 1.28 bits per heavy atom. The van der Waals surface area contributed by atoms with Crippen LogP contribution < -0.4 is 14.8 Å². The highest BCUT2D eigenvalue weighted by Gasteiger charge is 2.47. The van der Waals surface area contributed by atoms with Crippen molar-refractivity contribution in [1.29, 1.82) is 0 Å². The number of hydrogen-bond acceptors (Lipinski definition) is 6. The van der Waals surface area contributed by atoms with Gasteiger partial charge in [0.05, 0.1) is 6.61 Å². The fourth-order valence-electron chi connectivity index (χ4n) is 3.14. The van der Waals surface area contributed by atoms with Crippen molar-refractivity contribution in [3.05, 3.63) is 29.8 Å². The van der Waals surface area contributed by atoms with E-state index < -0.39 is 11.5 Å². The zero-order chi connectivity index (χ0) is 18.0. The molecule has 1 aliphatic carbocycles. The molecular weight excluding hydrogens is 326 g/mol. The van der Waals surface area contributed by atoms with Crippen LogP contribution in [-0.4, -0.2) is 36.6 Å². The van der Waals surface area contributed by atoms with Crippen LogP contribution in [0.2, 0.25) is 0 Å². The minimum Gasteiger partial charge on any atom is -0.464 e. The number of carbonyl (C=O) groups excluding carboxylic acids is 3. The van der Waals surface area contributed by atoms with E-state index in [2.05, 4.69) is 5.32 Å². The van der Waals surface area contributed by atoms with Crippen LogP contribution in [0, 0.1) is 0 Å². The summed E-state index contributed by atoms with van der Waals surface area (Å²) in [7, 11) is 0. The zero-order valence-corrected chi connectivity index (χ0v) is 14.1. The summed E-state index contributed by atoms with van der Waals surface area (Å²) in [5.41, 5.74) is -0.404. The van der Waals surface area contributed by atoms with Gasteiger partial charge in [-0.05, 0) is 42.7 Å². The molecule has 1 heterocycles. The third kappa shape index (κ3) is 3.09. The molecule has 0 aromatic heterocycles. The Kier molecular flexibility index (Phi) is 4.48. The predicted octanol–water partition coefficient (Wildman–Crippen LogP) is 1.60. The van der Waals surface area contributed by atoms with Crippen LogP contribution in [0.15, 0.2) is 24.3 Å². The molecule has 25 heavy (non-hydrogen) atoms. The molecule has 132 valence electrons. The maximum atomic E-state index is 12.7. The van der Waals surface area contributed by atoms with E-state index in [0.717, 1.165) is 0 Å². The lowest BCUT2D eigenvalue weighted by Crippen LogP contribution is -2.57. The van der Waals surface area contributed by atoms with Gasteiger partial charge in [0, 0.05) is 13.3 Å². The number of amides is 1. The fourth-order valence-corrected chi connectivity index (χ4v) is 3.14. The van der Waals surface area contributed by atoms with Crippen LogP contribution >= 0.6 is 0 Å². The smallest absolute Gasteiger partial charge is 0.336 e. The lowest BCUT2D eigenvalue weighted by Gasteiger charge is -2.36. The molecule has 7 nitrogen and oxygen atoms in total. The minimum absolute atomic E-state index is 0.113. The van der Waals surface area contributed by atoms with Gasteiger partial charge in [-0.2, -0.15) is 0 Å². The maximum Gasteiger partial charge on any atom is 0.336 e. The molecule has 1 amide bonds. The minimum atomic E-state index is -1.40. The first-order chi connectivity index (χ1) is 12.0. The fraction of sp³-hybridized carbons (Fsp3) is 0.389. The molecule has 3 rings (SSSR count). The van der Waals surface area contributed by atoms with Gasteiger partial charge in [-0.1, -0.05) is 6.07 Å². The van der Waals surface area contributed by atoms with Crippen LogP contribution in [0.1, 0.15) is 32.3 Å². The van der Waals surface area contributed by atoms with Crippen molar-refractivity contribution in [2.75, 3.05) is 13.4 Å². The summed E-state index contributed by atoms with van der Waals surface area (Å²) < 4.78 is 15.9. The van der Waals surface area contributed by atoms with Crippen molar-refractivity contribution in [2.24, 2.45) is 0 Å². The Hall–Kier alpha value is -2.83. The average Bonchev–Trinajstić information content (AvgIpc) is 3.04. The number of benzene rings is 1. The number of ether oxygens (including phenoxy) is 3.